The second kappa shape index (κ2) is 9.72. The number of nitrogen functional groups attached to an aromatic ring is 1. The minimum Gasteiger partial charge on any atom is -0.480 e. The number of nitrogens with one attached hydrogen (secondary N) is 1. The highest BCUT2D eigenvalue weighted by molar-refractivity contribution is 5.98. The van der Waals surface area contributed by atoms with E-state index < -0.39 is 48.3 Å². The van der Waals surface area contributed by atoms with Crippen LogP contribution in [-0.2, 0) is 11.0 Å². The number of hydrogen-bond donors (Lipinski definition) is 2. The second-order valence-electron chi connectivity index (χ2n) is 10.2. The van der Waals surface area contributed by atoms with Gasteiger partial charge in [-0.3, -0.25) is 9.59 Å². The van der Waals surface area contributed by atoms with Crippen LogP contribution in [0.3, 0.4) is 0 Å². The number of likely N-dealkylation sites (tertiary alicyclic amines) is 1. The number of anilines is 1. The van der Waals surface area contributed by atoms with E-state index in [9.17, 15) is 27.2 Å². The Bertz CT molecular complexity index is 1410. The molecular weight excluding hydrogens is 510 g/mol. The van der Waals surface area contributed by atoms with Crippen LogP contribution in [0.2, 0.25) is 0 Å². The summed E-state index contributed by atoms with van der Waals surface area (Å²) in [6, 6.07) is 0.975. The third kappa shape index (κ3) is 5.34. The summed E-state index contributed by atoms with van der Waals surface area (Å²) in [4.78, 5) is 34.8. The van der Waals surface area contributed by atoms with E-state index in [0.29, 0.717) is 0 Å². The zero-order valence-electron chi connectivity index (χ0n) is 21.8. The number of fused-ring (bicyclic) bond motifs is 1. The van der Waals surface area contributed by atoms with E-state index in [0.717, 1.165) is 23.1 Å². The van der Waals surface area contributed by atoms with Crippen molar-refractivity contribution in [3.8, 4) is 17.1 Å². The first-order valence-corrected chi connectivity index (χ1v) is 11.5. The first-order chi connectivity index (χ1) is 18.2. The Labute approximate surface area is 216 Å². The molecule has 0 spiro atoms. The van der Waals surface area contributed by atoms with Crippen LogP contribution < -0.4 is 15.8 Å². The van der Waals surface area contributed by atoms with Gasteiger partial charge in [0.05, 0.1) is 32.3 Å². The van der Waals surface area contributed by atoms with Crippen LogP contribution in [-0.4, -0.2) is 68.7 Å². The first-order valence-electron chi connectivity index (χ1n) is 12.2. The maximum atomic E-state index is 14.8. The normalized spacial score (nSPS) is 18.5. The standard InChI is InChI=1S/C24H27F4N7O3/c1-23(2,3)7-18(36)34-9-15(25)16(10-34)33-21(37)13-5-12(8-30-22(13)38-4)17-6-14(24(26,27)28)19-20(29)31-11-32-35(17)19/h5-6,8,11,15-16H,7,9-10H2,1-4H3,(H,33,37)(H2,29,31,32)/t15-,16+/m0/s1/i4D. The molecule has 1 aliphatic heterocycles. The number of pyridine rings is 1. The van der Waals surface area contributed by atoms with Crippen LogP contribution in [0.15, 0.2) is 24.7 Å². The minimum atomic E-state index is -4.78. The Kier molecular flexibility index (Phi) is 6.57. The molecule has 10 nitrogen and oxygen atoms in total. The van der Waals surface area contributed by atoms with Crippen LogP contribution >= 0.6 is 0 Å². The van der Waals surface area contributed by atoms with Crippen molar-refractivity contribution in [2.75, 3.05) is 25.9 Å². The topological polar surface area (TPSA) is 128 Å². The second-order valence-corrected chi connectivity index (χ2v) is 10.2. The molecule has 3 N–H and O–H groups in total. The molecule has 0 aliphatic carbocycles. The maximum Gasteiger partial charge on any atom is 0.418 e. The molecule has 0 unspecified atom stereocenters. The van der Waals surface area contributed by atoms with Crippen LogP contribution in [0.4, 0.5) is 23.4 Å². The average Bonchev–Trinajstić information content (AvgIpc) is 3.40. The fourth-order valence-corrected chi connectivity index (χ4v) is 4.28. The van der Waals surface area contributed by atoms with Crippen LogP contribution in [0.1, 0.15) is 44.5 Å². The highest BCUT2D eigenvalue weighted by Gasteiger charge is 2.39. The number of carbonyl (C=O) groups excluding carboxylic acids is 2. The van der Waals surface area contributed by atoms with Gasteiger partial charge in [-0.05, 0) is 17.5 Å². The van der Waals surface area contributed by atoms with Crippen LogP contribution in [0.25, 0.3) is 16.8 Å². The Hall–Kier alpha value is -3.97. The molecule has 3 aromatic heterocycles. The SMILES string of the molecule is [2H]COc1ncc(-c2cc(C(F)(F)F)c3c(N)ncnn23)cc1C(=O)N[C@@H]1CN(C(=O)CC(C)(C)C)C[C@@H]1F. The molecule has 2 atom stereocenters. The number of amides is 2. The summed E-state index contributed by atoms with van der Waals surface area (Å²) >= 11 is 0. The summed E-state index contributed by atoms with van der Waals surface area (Å²) in [6.07, 6.45) is -3.98. The Morgan fingerprint density at radius 2 is 1.97 bits per heavy atom. The molecule has 1 fully saturated rings. The monoisotopic (exact) mass is 538 g/mol. The largest absolute Gasteiger partial charge is 0.480 e. The van der Waals surface area contributed by atoms with Gasteiger partial charge in [-0.2, -0.15) is 18.3 Å². The van der Waals surface area contributed by atoms with Gasteiger partial charge < -0.3 is 20.7 Å². The quantitative estimate of drug-likeness (QED) is 0.478. The summed E-state index contributed by atoms with van der Waals surface area (Å²) in [6.45, 7) is 5.40. The summed E-state index contributed by atoms with van der Waals surface area (Å²) in [7, 11) is -0.604. The Morgan fingerprint density at radius 1 is 1.24 bits per heavy atom. The van der Waals surface area contributed by atoms with Gasteiger partial charge in [-0.25, -0.2) is 18.9 Å². The molecule has 0 aromatic carbocycles. The predicted molar refractivity (Wildman–Crippen MR) is 129 cm³/mol. The van der Waals surface area contributed by atoms with Crippen LogP contribution in [0.5, 0.6) is 5.88 Å². The number of halogens is 4. The van der Waals surface area contributed by atoms with Crippen LogP contribution in [0, 0.1) is 5.41 Å². The summed E-state index contributed by atoms with van der Waals surface area (Å²) in [5.74, 6) is -1.75. The molecule has 0 saturated carbocycles. The predicted octanol–water partition coefficient (Wildman–Crippen LogP) is 3.12. The number of methoxy groups -OCH3 is 1. The molecule has 0 radical (unpaired) electrons. The maximum absolute atomic E-state index is 14.8. The lowest BCUT2D eigenvalue weighted by atomic mass is 9.92. The molecule has 204 valence electrons. The number of carbonyl (C=O) groups is 2. The number of nitrogens with zero attached hydrogens (tertiary/aromatic N) is 5. The molecular formula is C24H27F4N7O3. The number of ether oxygens (including phenoxy) is 1. The first kappa shape index (κ1) is 25.7. The van der Waals surface area contributed by atoms with E-state index in [4.69, 9.17) is 11.8 Å². The number of nitrogens with two attached hydrogens (primary N) is 1. The Morgan fingerprint density at radius 3 is 2.63 bits per heavy atom. The molecule has 14 heteroatoms. The number of alkyl halides is 4. The molecule has 1 aliphatic rings. The van der Waals surface area contributed by atoms with Gasteiger partial charge in [0.15, 0.2) is 5.82 Å². The van der Waals surface area contributed by atoms with Gasteiger partial charge in [-0.1, -0.05) is 20.8 Å². The van der Waals surface area contributed by atoms with Crippen molar-refractivity contribution in [2.24, 2.45) is 5.41 Å². The number of aromatic nitrogens is 4. The number of rotatable bonds is 5. The van der Waals surface area contributed by atoms with Gasteiger partial charge in [0.25, 0.3) is 5.91 Å². The fourth-order valence-electron chi connectivity index (χ4n) is 4.28. The van der Waals surface area contributed by atoms with Gasteiger partial charge in [0.1, 0.15) is 23.6 Å². The molecule has 1 saturated heterocycles. The molecule has 4 heterocycles. The van der Waals surface area contributed by atoms with Crippen molar-refractivity contribution in [3.63, 3.8) is 0 Å². The van der Waals surface area contributed by atoms with E-state index in [2.05, 4.69) is 20.4 Å². The molecule has 4 rings (SSSR count). The highest BCUT2D eigenvalue weighted by Crippen LogP contribution is 2.39. The van der Waals surface area contributed by atoms with Crippen molar-refractivity contribution in [1.29, 1.82) is 0 Å². The lowest BCUT2D eigenvalue weighted by molar-refractivity contribution is -0.136. The number of hydrogen-bond acceptors (Lipinski definition) is 7. The zero-order chi connectivity index (χ0) is 28.7. The molecule has 2 amide bonds. The highest BCUT2D eigenvalue weighted by atomic mass is 19.4. The minimum absolute atomic E-state index is 0.0475. The fraction of sp³-hybridized carbons (Fsp3) is 0.458. The van der Waals surface area contributed by atoms with Crippen molar-refractivity contribution in [3.05, 3.63) is 35.8 Å². The molecule has 0 bridgehead atoms. The van der Waals surface area contributed by atoms with E-state index in [-0.39, 0.29) is 53.5 Å². The average molecular weight is 539 g/mol. The lowest BCUT2D eigenvalue weighted by Crippen LogP contribution is -2.42. The third-order valence-corrected chi connectivity index (χ3v) is 6.02. The van der Waals surface area contributed by atoms with Gasteiger partial charge in [0.2, 0.25) is 11.8 Å². The van der Waals surface area contributed by atoms with E-state index in [1.165, 1.54) is 11.0 Å². The van der Waals surface area contributed by atoms with E-state index in [1.54, 1.807) is 0 Å². The van der Waals surface area contributed by atoms with Crippen molar-refractivity contribution < 1.29 is 33.3 Å². The zero-order valence-corrected chi connectivity index (χ0v) is 20.8. The van der Waals surface area contributed by atoms with Crippen molar-refractivity contribution in [1.82, 2.24) is 29.8 Å². The van der Waals surface area contributed by atoms with Crippen molar-refractivity contribution in [2.45, 2.75) is 45.6 Å². The third-order valence-electron chi connectivity index (χ3n) is 6.02. The lowest BCUT2D eigenvalue weighted by Gasteiger charge is -2.22. The van der Waals surface area contributed by atoms with Gasteiger partial charge in [-0.15, -0.1) is 0 Å². The summed E-state index contributed by atoms with van der Waals surface area (Å²) < 4.78 is 69.4. The van der Waals surface area contributed by atoms with Gasteiger partial charge >= 0.3 is 6.18 Å². The van der Waals surface area contributed by atoms with Gasteiger partial charge in [0, 0.05) is 24.7 Å². The van der Waals surface area contributed by atoms with E-state index >= 15 is 0 Å². The molecule has 38 heavy (non-hydrogen) atoms. The smallest absolute Gasteiger partial charge is 0.418 e. The van der Waals surface area contributed by atoms with Crippen molar-refractivity contribution >= 4 is 23.1 Å². The van der Waals surface area contributed by atoms with E-state index in [1.807, 2.05) is 20.8 Å². The Balaban J connectivity index is 1.67. The summed E-state index contributed by atoms with van der Waals surface area (Å²) in [5, 5.41) is 6.40. The summed E-state index contributed by atoms with van der Waals surface area (Å²) in [5.41, 5.74) is 3.57. The molecule has 3 aromatic rings.